The van der Waals surface area contributed by atoms with Gasteiger partial charge in [0.2, 0.25) is 0 Å². The lowest BCUT2D eigenvalue weighted by Crippen LogP contribution is -2.11. The van der Waals surface area contributed by atoms with Crippen molar-refractivity contribution < 1.29 is 14.3 Å². The summed E-state index contributed by atoms with van der Waals surface area (Å²) < 4.78 is 6.88. The Kier molecular flexibility index (Phi) is 6.00. The van der Waals surface area contributed by atoms with Crippen LogP contribution in [0.3, 0.4) is 0 Å². The Morgan fingerprint density at radius 1 is 1.19 bits per heavy atom. The lowest BCUT2D eigenvalue weighted by Gasteiger charge is -2.03. The zero-order valence-electron chi connectivity index (χ0n) is 14.1. The molecule has 134 valence electrons. The van der Waals surface area contributed by atoms with E-state index >= 15 is 0 Å². The van der Waals surface area contributed by atoms with Crippen LogP contribution in [-0.2, 0) is 4.74 Å². The van der Waals surface area contributed by atoms with Gasteiger partial charge in [0.1, 0.15) is 0 Å². The first kappa shape index (κ1) is 18.5. The Morgan fingerprint density at radius 3 is 2.81 bits per heavy atom. The molecule has 0 unspecified atom stereocenters. The van der Waals surface area contributed by atoms with Gasteiger partial charge in [-0.25, -0.2) is 9.78 Å². The van der Waals surface area contributed by atoms with Crippen LogP contribution in [-0.4, -0.2) is 23.5 Å². The fourth-order valence-corrected chi connectivity index (χ4v) is 3.60. The van der Waals surface area contributed by atoms with E-state index in [-0.39, 0.29) is 11.9 Å². The second-order valence-electron chi connectivity index (χ2n) is 5.66. The molecule has 3 rings (SSSR count). The number of esters is 1. The highest BCUT2D eigenvalue weighted by molar-refractivity contribution is 9.10. The summed E-state index contributed by atoms with van der Waals surface area (Å²) in [5.41, 5.74) is 1.76. The van der Waals surface area contributed by atoms with Crippen LogP contribution in [0.25, 0.3) is 10.2 Å². The zero-order valence-corrected chi connectivity index (χ0v) is 16.5. The molecule has 5 nitrogen and oxygen atoms in total. The largest absolute Gasteiger partial charge is 0.462 e. The van der Waals surface area contributed by atoms with E-state index < -0.39 is 0 Å². The van der Waals surface area contributed by atoms with Crippen LogP contribution in [0.15, 0.2) is 46.9 Å². The van der Waals surface area contributed by atoms with Crippen LogP contribution in [0.5, 0.6) is 0 Å². The molecule has 0 saturated carbocycles. The number of hydrogen-bond acceptors (Lipinski definition) is 5. The number of benzene rings is 2. The molecule has 0 aliphatic rings. The van der Waals surface area contributed by atoms with Crippen molar-refractivity contribution in [3.8, 4) is 0 Å². The van der Waals surface area contributed by atoms with E-state index in [1.165, 1.54) is 11.3 Å². The molecule has 0 spiro atoms. The van der Waals surface area contributed by atoms with E-state index in [0.29, 0.717) is 22.9 Å². The summed E-state index contributed by atoms with van der Waals surface area (Å²) in [6.07, 6.45) is 1.82. The topological polar surface area (TPSA) is 68.3 Å². The van der Waals surface area contributed by atoms with Crippen molar-refractivity contribution >= 4 is 54.5 Å². The van der Waals surface area contributed by atoms with Gasteiger partial charge in [0.25, 0.3) is 5.91 Å². The van der Waals surface area contributed by atoms with E-state index in [0.717, 1.165) is 27.5 Å². The van der Waals surface area contributed by atoms with Gasteiger partial charge in [-0.15, -0.1) is 0 Å². The minimum atomic E-state index is -0.339. The third-order valence-electron chi connectivity index (χ3n) is 3.66. The van der Waals surface area contributed by atoms with Gasteiger partial charge in [-0.05, 0) is 42.8 Å². The smallest absolute Gasteiger partial charge is 0.338 e. The molecule has 2 aromatic carbocycles. The Balaban J connectivity index is 1.74. The highest BCUT2D eigenvalue weighted by Crippen LogP contribution is 2.27. The fourth-order valence-electron chi connectivity index (χ4n) is 2.30. The molecular weight excluding hydrogens is 416 g/mol. The number of rotatable bonds is 6. The molecule has 0 radical (unpaired) electrons. The molecular formula is C19H17BrN2O3S. The van der Waals surface area contributed by atoms with E-state index in [1.54, 1.807) is 36.4 Å². The van der Waals surface area contributed by atoms with E-state index in [1.807, 2.05) is 13.0 Å². The first-order chi connectivity index (χ1) is 12.6. The molecule has 7 heteroatoms. The number of carbonyl (C=O) groups excluding carboxylic acids is 2. The second-order valence-corrected chi connectivity index (χ2v) is 7.60. The molecule has 26 heavy (non-hydrogen) atoms. The van der Waals surface area contributed by atoms with Gasteiger partial charge >= 0.3 is 5.97 Å². The summed E-state index contributed by atoms with van der Waals surface area (Å²) in [5, 5.41) is 3.28. The van der Waals surface area contributed by atoms with Gasteiger partial charge in [0.15, 0.2) is 5.13 Å². The molecule has 0 atom stereocenters. The molecule has 0 fully saturated rings. The summed E-state index contributed by atoms with van der Waals surface area (Å²) in [7, 11) is 0. The zero-order chi connectivity index (χ0) is 18.5. The van der Waals surface area contributed by atoms with Gasteiger partial charge in [0.05, 0.1) is 22.4 Å². The summed E-state index contributed by atoms with van der Waals surface area (Å²) >= 11 is 4.67. The molecule has 1 N–H and O–H groups in total. The molecule has 1 amide bonds. The van der Waals surface area contributed by atoms with Crippen molar-refractivity contribution in [1.82, 2.24) is 4.98 Å². The molecule has 1 aromatic heterocycles. The number of carbonyl (C=O) groups is 2. The minimum absolute atomic E-state index is 0.232. The molecule has 0 aliphatic carbocycles. The number of anilines is 1. The van der Waals surface area contributed by atoms with Crippen molar-refractivity contribution in [2.45, 2.75) is 19.8 Å². The average molecular weight is 433 g/mol. The third-order valence-corrected chi connectivity index (χ3v) is 5.09. The van der Waals surface area contributed by atoms with Crippen LogP contribution in [0.4, 0.5) is 5.13 Å². The van der Waals surface area contributed by atoms with Crippen molar-refractivity contribution in [1.29, 1.82) is 0 Å². The predicted octanol–water partition coefficient (Wildman–Crippen LogP) is 5.27. The normalized spacial score (nSPS) is 10.7. The number of amides is 1. The average Bonchev–Trinajstić information content (AvgIpc) is 3.03. The van der Waals surface area contributed by atoms with Crippen LogP contribution < -0.4 is 5.32 Å². The van der Waals surface area contributed by atoms with Crippen LogP contribution in [0, 0.1) is 0 Å². The predicted molar refractivity (Wildman–Crippen MR) is 107 cm³/mol. The Labute approximate surface area is 163 Å². The van der Waals surface area contributed by atoms with Crippen molar-refractivity contribution in [2.24, 2.45) is 0 Å². The van der Waals surface area contributed by atoms with E-state index in [4.69, 9.17) is 4.74 Å². The lowest BCUT2D eigenvalue weighted by molar-refractivity contribution is 0.0500. The number of fused-ring (bicyclic) bond motifs is 1. The van der Waals surface area contributed by atoms with Gasteiger partial charge in [0, 0.05) is 10.0 Å². The third kappa shape index (κ3) is 4.47. The van der Waals surface area contributed by atoms with Crippen LogP contribution in [0.1, 0.15) is 40.5 Å². The van der Waals surface area contributed by atoms with Gasteiger partial charge < -0.3 is 4.74 Å². The van der Waals surface area contributed by atoms with Crippen LogP contribution >= 0.6 is 27.3 Å². The maximum Gasteiger partial charge on any atom is 0.338 e. The van der Waals surface area contributed by atoms with Gasteiger partial charge in [-0.3, -0.25) is 10.1 Å². The molecule has 3 aromatic rings. The van der Waals surface area contributed by atoms with Gasteiger partial charge in [-0.2, -0.15) is 0 Å². The van der Waals surface area contributed by atoms with E-state index in [2.05, 4.69) is 26.2 Å². The Hall–Kier alpha value is -2.25. The molecule has 0 aliphatic heterocycles. The second kappa shape index (κ2) is 8.42. The number of thiazole rings is 1. The monoisotopic (exact) mass is 432 g/mol. The first-order valence-corrected chi connectivity index (χ1v) is 9.82. The number of halogens is 1. The number of unbranched alkanes of at least 4 members (excludes halogenated alkanes) is 1. The maximum atomic E-state index is 12.3. The number of nitrogens with zero attached hydrogens (tertiary/aromatic N) is 1. The van der Waals surface area contributed by atoms with Crippen molar-refractivity contribution in [3.05, 3.63) is 58.1 Å². The van der Waals surface area contributed by atoms with Gasteiger partial charge in [-0.1, -0.05) is 46.7 Å². The summed E-state index contributed by atoms with van der Waals surface area (Å²) in [4.78, 5) is 28.8. The van der Waals surface area contributed by atoms with Crippen molar-refractivity contribution in [2.75, 3.05) is 11.9 Å². The molecule has 1 heterocycles. The Morgan fingerprint density at radius 2 is 2.04 bits per heavy atom. The number of hydrogen-bond donors (Lipinski definition) is 1. The lowest BCUT2D eigenvalue weighted by atomic mass is 10.2. The molecule has 0 saturated heterocycles. The first-order valence-electron chi connectivity index (χ1n) is 8.21. The minimum Gasteiger partial charge on any atom is -0.462 e. The summed E-state index contributed by atoms with van der Waals surface area (Å²) in [6, 6.07) is 12.3. The van der Waals surface area contributed by atoms with Crippen LogP contribution in [0.2, 0.25) is 0 Å². The standard InChI is InChI=1S/C19H17BrN2O3S/c1-2-3-9-25-18(24)13-7-8-15-16(11-13)26-19(21-15)22-17(23)12-5-4-6-14(20)10-12/h4-8,10-11H,2-3,9H2,1H3,(H,21,22,23). The molecule has 0 bridgehead atoms. The number of ether oxygens (including phenoxy) is 1. The highest BCUT2D eigenvalue weighted by atomic mass is 79.9. The number of nitrogens with one attached hydrogen (secondary N) is 1. The number of aromatic nitrogens is 1. The quantitative estimate of drug-likeness (QED) is 0.425. The fraction of sp³-hybridized carbons (Fsp3) is 0.211. The summed E-state index contributed by atoms with van der Waals surface area (Å²) in [5.74, 6) is -0.571. The Bertz CT molecular complexity index is 955. The summed E-state index contributed by atoms with van der Waals surface area (Å²) in [6.45, 7) is 2.46. The SMILES string of the molecule is CCCCOC(=O)c1ccc2nc(NC(=O)c3cccc(Br)c3)sc2c1. The van der Waals surface area contributed by atoms with Crippen molar-refractivity contribution in [3.63, 3.8) is 0 Å². The highest BCUT2D eigenvalue weighted by Gasteiger charge is 2.13. The van der Waals surface area contributed by atoms with E-state index in [9.17, 15) is 9.59 Å². The maximum absolute atomic E-state index is 12.3.